The maximum absolute atomic E-state index is 11.3. The summed E-state index contributed by atoms with van der Waals surface area (Å²) in [6.07, 6.45) is 5.62. The molecule has 2 rings (SSSR count). The van der Waals surface area contributed by atoms with Gasteiger partial charge in [0, 0.05) is 0 Å². The van der Waals surface area contributed by atoms with Gasteiger partial charge in [0.25, 0.3) is 10.1 Å². The van der Waals surface area contributed by atoms with Crippen LogP contribution in [0.4, 0.5) is 0 Å². The molecule has 0 aromatic carbocycles. The molecule has 0 spiro atoms. The number of hydrogen-bond acceptors (Lipinski definition) is 3. The average Bonchev–Trinajstić information content (AvgIpc) is 2.54. The molecule has 1 heterocycles. The second-order valence-corrected chi connectivity index (χ2v) is 6.07. The minimum Gasteiger partial charge on any atom is -0.282 e. The first-order valence-corrected chi connectivity index (χ1v) is 7.38. The van der Waals surface area contributed by atoms with E-state index in [0.717, 1.165) is 25.7 Å². The summed E-state index contributed by atoms with van der Waals surface area (Å²) in [7, 11) is -4.17. The zero-order chi connectivity index (χ0) is 12.6. The van der Waals surface area contributed by atoms with E-state index >= 15 is 0 Å². The smallest absolute Gasteiger partial charge is 0.282 e. The Labute approximate surface area is 114 Å². The highest BCUT2D eigenvalue weighted by atomic mass is 35.5. The Morgan fingerprint density at radius 3 is 2.22 bits per heavy atom. The lowest BCUT2D eigenvalue weighted by Crippen LogP contribution is -2.15. The van der Waals surface area contributed by atoms with E-state index in [2.05, 4.69) is 5.10 Å². The zero-order valence-electron chi connectivity index (χ0n) is 10.6. The summed E-state index contributed by atoms with van der Waals surface area (Å²) < 4.78 is 33.5. The minimum atomic E-state index is -4.17. The molecule has 0 unspecified atom stereocenters. The molecule has 7 heteroatoms. The number of nitrogens with zero attached hydrogens (tertiary/aromatic N) is 2. The number of aromatic nitrogens is 2. The van der Waals surface area contributed by atoms with E-state index in [9.17, 15) is 13.0 Å². The second kappa shape index (κ2) is 5.59. The van der Waals surface area contributed by atoms with Crippen LogP contribution >= 0.6 is 12.4 Å². The van der Waals surface area contributed by atoms with Crippen LogP contribution in [-0.4, -0.2) is 22.8 Å². The zero-order valence-corrected chi connectivity index (χ0v) is 12.2. The fraction of sp³-hybridized carbons (Fsp3) is 0.727. The number of rotatable bonds is 2. The van der Waals surface area contributed by atoms with E-state index in [1.807, 2.05) is 0 Å². The number of aryl methyl sites for hydroxylation is 1. The van der Waals surface area contributed by atoms with Crippen molar-refractivity contribution in [1.82, 2.24) is 9.78 Å². The van der Waals surface area contributed by atoms with E-state index in [1.54, 1.807) is 18.5 Å². The van der Waals surface area contributed by atoms with Crippen molar-refractivity contribution in [2.45, 2.75) is 56.9 Å². The molecule has 18 heavy (non-hydrogen) atoms. The maximum atomic E-state index is 11.3. The third-order valence-electron chi connectivity index (χ3n) is 3.44. The Morgan fingerprint density at radius 2 is 1.78 bits per heavy atom. The molecule has 0 atom stereocenters. The molecule has 0 aliphatic heterocycles. The molecule has 1 saturated carbocycles. The van der Waals surface area contributed by atoms with E-state index in [1.165, 1.54) is 6.42 Å². The molecule has 1 aromatic heterocycles. The Kier molecular flexibility index (Phi) is 4.80. The fourth-order valence-electron chi connectivity index (χ4n) is 2.70. The number of halogens is 1. The molecule has 5 nitrogen and oxygen atoms in total. The molecule has 104 valence electrons. The van der Waals surface area contributed by atoms with Crippen molar-refractivity contribution in [3.63, 3.8) is 0 Å². The lowest BCUT2D eigenvalue weighted by atomic mass is 9.95. The van der Waals surface area contributed by atoms with Crippen LogP contribution in [-0.2, 0) is 10.1 Å². The van der Waals surface area contributed by atoms with Crippen LogP contribution in [0.15, 0.2) is 4.90 Å². The van der Waals surface area contributed by atoms with Crippen molar-refractivity contribution in [3.05, 3.63) is 11.4 Å². The van der Waals surface area contributed by atoms with Crippen LogP contribution in [0.2, 0.25) is 0 Å². The van der Waals surface area contributed by atoms with Gasteiger partial charge in [0.05, 0.1) is 17.4 Å². The summed E-state index contributed by atoms with van der Waals surface area (Å²) in [5, 5.41) is 4.28. The van der Waals surface area contributed by atoms with Gasteiger partial charge in [-0.1, -0.05) is 19.3 Å². The fourth-order valence-corrected chi connectivity index (χ4v) is 3.58. The van der Waals surface area contributed by atoms with Crippen LogP contribution in [0.25, 0.3) is 0 Å². The molecule has 1 fully saturated rings. The Morgan fingerprint density at radius 1 is 1.22 bits per heavy atom. The lowest BCUT2D eigenvalue weighted by Gasteiger charge is -2.23. The topological polar surface area (TPSA) is 72.2 Å². The molecular formula is C11H19ClN2O3S. The first-order chi connectivity index (χ1) is 7.91. The highest BCUT2D eigenvalue weighted by Gasteiger charge is 2.26. The van der Waals surface area contributed by atoms with Crippen molar-refractivity contribution in [1.29, 1.82) is 0 Å². The van der Waals surface area contributed by atoms with E-state index in [4.69, 9.17) is 0 Å². The second-order valence-electron chi connectivity index (χ2n) is 4.71. The predicted molar refractivity (Wildman–Crippen MR) is 70.9 cm³/mol. The Hall–Kier alpha value is -0.590. The van der Waals surface area contributed by atoms with Gasteiger partial charge in [-0.05, 0) is 26.7 Å². The quantitative estimate of drug-likeness (QED) is 0.851. The van der Waals surface area contributed by atoms with Gasteiger partial charge >= 0.3 is 0 Å². The van der Waals surface area contributed by atoms with Gasteiger partial charge in [-0.2, -0.15) is 13.5 Å². The monoisotopic (exact) mass is 294 g/mol. The summed E-state index contributed by atoms with van der Waals surface area (Å²) in [5.74, 6) is 0. The third kappa shape index (κ3) is 2.87. The molecule has 0 amide bonds. The molecule has 0 radical (unpaired) electrons. The first kappa shape index (κ1) is 15.5. The van der Waals surface area contributed by atoms with Gasteiger partial charge in [-0.15, -0.1) is 12.4 Å². The van der Waals surface area contributed by atoms with Crippen molar-refractivity contribution in [2.24, 2.45) is 0 Å². The Bertz CT molecular complexity index is 519. The van der Waals surface area contributed by atoms with E-state index in [0.29, 0.717) is 11.4 Å². The highest BCUT2D eigenvalue weighted by molar-refractivity contribution is 7.86. The Balaban J connectivity index is 0.00000162. The van der Waals surface area contributed by atoms with Crippen molar-refractivity contribution in [3.8, 4) is 0 Å². The van der Waals surface area contributed by atoms with Gasteiger partial charge in [0.2, 0.25) is 0 Å². The van der Waals surface area contributed by atoms with Crippen molar-refractivity contribution in [2.75, 3.05) is 0 Å². The number of hydrogen-bond donors (Lipinski definition) is 1. The van der Waals surface area contributed by atoms with Crippen LogP contribution in [0.1, 0.15) is 49.5 Å². The van der Waals surface area contributed by atoms with E-state index < -0.39 is 10.1 Å². The maximum Gasteiger partial charge on any atom is 0.298 e. The SMILES string of the molecule is Cc1nn(C2CCCCC2)c(C)c1S(=O)(=O)O.Cl. The van der Waals surface area contributed by atoms with E-state index in [-0.39, 0.29) is 23.3 Å². The predicted octanol–water partition coefficient (Wildman–Crippen LogP) is 2.67. The molecule has 0 bridgehead atoms. The summed E-state index contributed by atoms with van der Waals surface area (Å²) >= 11 is 0. The summed E-state index contributed by atoms with van der Waals surface area (Å²) in [4.78, 5) is -0.0249. The summed E-state index contributed by atoms with van der Waals surface area (Å²) in [6, 6.07) is 0.276. The molecular weight excluding hydrogens is 276 g/mol. The van der Waals surface area contributed by atoms with Crippen LogP contribution < -0.4 is 0 Å². The van der Waals surface area contributed by atoms with Gasteiger partial charge in [-0.3, -0.25) is 9.23 Å². The largest absolute Gasteiger partial charge is 0.298 e. The van der Waals surface area contributed by atoms with Crippen molar-refractivity contribution >= 4 is 22.5 Å². The van der Waals surface area contributed by atoms with Crippen LogP contribution in [0.5, 0.6) is 0 Å². The molecule has 1 aliphatic rings. The lowest BCUT2D eigenvalue weighted by molar-refractivity contribution is 0.323. The highest BCUT2D eigenvalue weighted by Crippen LogP contribution is 2.31. The molecule has 0 saturated heterocycles. The minimum absolute atomic E-state index is 0. The van der Waals surface area contributed by atoms with Crippen LogP contribution in [0.3, 0.4) is 0 Å². The van der Waals surface area contributed by atoms with Gasteiger partial charge in [0.1, 0.15) is 4.90 Å². The van der Waals surface area contributed by atoms with Gasteiger partial charge < -0.3 is 0 Å². The normalized spacial score (nSPS) is 17.5. The molecule has 1 N–H and O–H groups in total. The van der Waals surface area contributed by atoms with Crippen LogP contribution in [0, 0.1) is 13.8 Å². The average molecular weight is 295 g/mol. The van der Waals surface area contributed by atoms with Gasteiger partial charge in [-0.25, -0.2) is 0 Å². The molecule has 1 aromatic rings. The summed E-state index contributed by atoms with van der Waals surface area (Å²) in [5.41, 5.74) is 0.937. The van der Waals surface area contributed by atoms with Gasteiger partial charge in [0.15, 0.2) is 0 Å². The summed E-state index contributed by atoms with van der Waals surface area (Å²) in [6.45, 7) is 3.33. The third-order valence-corrected chi connectivity index (χ3v) is 4.54. The first-order valence-electron chi connectivity index (χ1n) is 5.94. The van der Waals surface area contributed by atoms with Crippen molar-refractivity contribution < 1.29 is 13.0 Å². The standard InChI is InChI=1S/C11H18N2O3S.ClH/c1-8-11(17(14,15)16)9(2)13(12-8)10-6-4-3-5-7-10;/h10H,3-7H2,1-2H3,(H,14,15,16);1H. The molecule has 1 aliphatic carbocycles.